The molecular weight excluding hydrogens is 264 g/mol. The summed E-state index contributed by atoms with van der Waals surface area (Å²) >= 11 is 0. The van der Waals surface area contributed by atoms with E-state index in [9.17, 15) is 5.11 Å². The fraction of sp³-hybridized carbons (Fsp3) is 0.750. The van der Waals surface area contributed by atoms with Crippen LogP contribution >= 0.6 is 0 Å². The van der Waals surface area contributed by atoms with Crippen molar-refractivity contribution in [3.63, 3.8) is 0 Å². The first-order chi connectivity index (χ1) is 10.1. The molecule has 0 aliphatic carbocycles. The number of likely N-dealkylation sites (N-methyl/N-ethyl adjacent to an activating group) is 1. The van der Waals surface area contributed by atoms with Gasteiger partial charge in [-0.15, -0.1) is 0 Å². The van der Waals surface area contributed by atoms with Crippen LogP contribution in [0.15, 0.2) is 6.33 Å². The van der Waals surface area contributed by atoms with Crippen LogP contribution in [0.5, 0.6) is 0 Å². The summed E-state index contributed by atoms with van der Waals surface area (Å²) in [5, 5.41) is 9.98. The standard InChI is InChI=1S/C16H26N4O/c1-12-13(2)17-11-18-15(12)20-8-6-16(10-21)5-4-7-19(3)14(16)9-20/h11,14,21H,4-10H2,1-3H3/t14-,16-/m1/s1. The van der Waals surface area contributed by atoms with Crippen molar-refractivity contribution in [1.82, 2.24) is 14.9 Å². The summed E-state index contributed by atoms with van der Waals surface area (Å²) in [7, 11) is 2.19. The van der Waals surface area contributed by atoms with Crippen molar-refractivity contribution in [2.75, 3.05) is 38.2 Å². The van der Waals surface area contributed by atoms with Gasteiger partial charge in [0, 0.05) is 35.8 Å². The second kappa shape index (κ2) is 5.54. The predicted molar refractivity (Wildman–Crippen MR) is 83.5 cm³/mol. The van der Waals surface area contributed by atoms with Crippen LogP contribution < -0.4 is 4.90 Å². The third-order valence-electron chi connectivity index (χ3n) is 5.62. The van der Waals surface area contributed by atoms with Crippen LogP contribution in [0.1, 0.15) is 30.5 Å². The molecule has 3 rings (SSSR count). The average molecular weight is 290 g/mol. The molecule has 1 aromatic rings. The van der Waals surface area contributed by atoms with E-state index in [4.69, 9.17) is 0 Å². The Morgan fingerprint density at radius 3 is 2.86 bits per heavy atom. The molecule has 0 radical (unpaired) electrons. The van der Waals surface area contributed by atoms with E-state index in [2.05, 4.69) is 33.7 Å². The highest BCUT2D eigenvalue weighted by atomic mass is 16.3. The quantitative estimate of drug-likeness (QED) is 0.892. The molecule has 2 saturated heterocycles. The number of rotatable bonds is 2. The van der Waals surface area contributed by atoms with Crippen LogP contribution in [-0.2, 0) is 0 Å². The Morgan fingerprint density at radius 2 is 2.10 bits per heavy atom. The molecule has 0 unspecified atom stereocenters. The predicted octanol–water partition coefficient (Wildman–Crippen LogP) is 1.38. The van der Waals surface area contributed by atoms with Gasteiger partial charge in [-0.3, -0.25) is 0 Å². The van der Waals surface area contributed by atoms with E-state index in [1.807, 2.05) is 6.92 Å². The van der Waals surface area contributed by atoms with E-state index in [0.717, 1.165) is 44.0 Å². The number of nitrogens with zero attached hydrogens (tertiary/aromatic N) is 4. The Balaban J connectivity index is 1.87. The molecule has 5 nitrogen and oxygen atoms in total. The van der Waals surface area contributed by atoms with Gasteiger partial charge in [0.2, 0.25) is 0 Å². The molecule has 3 heterocycles. The Kier molecular flexibility index (Phi) is 3.88. The Hall–Kier alpha value is -1.20. The molecule has 21 heavy (non-hydrogen) atoms. The molecule has 0 saturated carbocycles. The van der Waals surface area contributed by atoms with Crippen molar-refractivity contribution < 1.29 is 5.11 Å². The SMILES string of the molecule is Cc1ncnc(N2CC[C@@]3(CO)CCCN(C)[C@@H]3C2)c1C. The van der Waals surface area contributed by atoms with E-state index >= 15 is 0 Å². The van der Waals surface area contributed by atoms with Gasteiger partial charge < -0.3 is 14.9 Å². The van der Waals surface area contributed by atoms with Crippen molar-refractivity contribution in [2.45, 2.75) is 39.2 Å². The van der Waals surface area contributed by atoms with Crippen molar-refractivity contribution in [2.24, 2.45) is 5.41 Å². The summed E-state index contributed by atoms with van der Waals surface area (Å²) in [6, 6.07) is 0.416. The molecule has 0 spiro atoms. The van der Waals surface area contributed by atoms with Crippen molar-refractivity contribution in [3.05, 3.63) is 17.6 Å². The molecule has 2 aliphatic heterocycles. The average Bonchev–Trinajstić information content (AvgIpc) is 2.50. The topological polar surface area (TPSA) is 52.5 Å². The van der Waals surface area contributed by atoms with E-state index in [0.29, 0.717) is 12.6 Å². The smallest absolute Gasteiger partial charge is 0.135 e. The third kappa shape index (κ3) is 2.42. The minimum Gasteiger partial charge on any atom is -0.396 e. The molecule has 1 N–H and O–H groups in total. The summed E-state index contributed by atoms with van der Waals surface area (Å²) < 4.78 is 0. The van der Waals surface area contributed by atoms with E-state index in [1.165, 1.54) is 12.0 Å². The monoisotopic (exact) mass is 290 g/mol. The number of aliphatic hydroxyl groups excluding tert-OH is 1. The number of fused-ring (bicyclic) bond motifs is 1. The lowest BCUT2D eigenvalue weighted by atomic mass is 9.69. The summed E-state index contributed by atoms with van der Waals surface area (Å²) in [6.07, 6.45) is 5.05. The first-order valence-electron chi connectivity index (χ1n) is 7.92. The van der Waals surface area contributed by atoms with E-state index in [-0.39, 0.29) is 5.41 Å². The largest absolute Gasteiger partial charge is 0.396 e. The molecule has 2 aliphatic rings. The van der Waals surface area contributed by atoms with Crippen LogP contribution in [-0.4, -0.2) is 59.3 Å². The molecular formula is C16H26N4O. The number of piperidine rings is 2. The van der Waals surface area contributed by atoms with E-state index < -0.39 is 0 Å². The fourth-order valence-electron chi connectivity index (χ4n) is 4.05. The van der Waals surface area contributed by atoms with Gasteiger partial charge in [-0.2, -0.15) is 0 Å². The Labute approximate surface area is 127 Å². The summed E-state index contributed by atoms with van der Waals surface area (Å²) in [6.45, 7) is 7.49. The minimum absolute atomic E-state index is 0.0828. The maximum absolute atomic E-state index is 9.98. The third-order valence-corrected chi connectivity index (χ3v) is 5.62. The number of hydrogen-bond acceptors (Lipinski definition) is 5. The zero-order valence-electron chi connectivity index (χ0n) is 13.3. The van der Waals surface area contributed by atoms with Crippen molar-refractivity contribution in [3.8, 4) is 0 Å². The molecule has 116 valence electrons. The zero-order chi connectivity index (χ0) is 15.0. The summed E-state index contributed by atoms with van der Waals surface area (Å²) in [5.74, 6) is 1.06. The van der Waals surface area contributed by atoms with Crippen LogP contribution in [0.2, 0.25) is 0 Å². The van der Waals surface area contributed by atoms with Gasteiger partial charge in [0.25, 0.3) is 0 Å². The number of likely N-dealkylation sites (tertiary alicyclic amines) is 1. The van der Waals surface area contributed by atoms with Crippen LogP contribution in [0.3, 0.4) is 0 Å². The number of anilines is 1. The normalized spacial score (nSPS) is 30.3. The zero-order valence-corrected chi connectivity index (χ0v) is 13.3. The van der Waals surface area contributed by atoms with Gasteiger partial charge in [0.05, 0.1) is 6.61 Å². The van der Waals surface area contributed by atoms with Gasteiger partial charge >= 0.3 is 0 Å². The van der Waals surface area contributed by atoms with Gasteiger partial charge in [0.15, 0.2) is 0 Å². The highest BCUT2D eigenvalue weighted by molar-refractivity contribution is 5.48. The molecule has 1 aromatic heterocycles. The van der Waals surface area contributed by atoms with Crippen LogP contribution in [0.4, 0.5) is 5.82 Å². The van der Waals surface area contributed by atoms with Gasteiger partial charge in [0.1, 0.15) is 12.1 Å². The number of aromatic nitrogens is 2. The lowest BCUT2D eigenvalue weighted by molar-refractivity contribution is -0.0277. The van der Waals surface area contributed by atoms with Gasteiger partial charge in [-0.05, 0) is 46.7 Å². The first-order valence-corrected chi connectivity index (χ1v) is 7.92. The number of hydrogen-bond donors (Lipinski definition) is 1. The highest BCUT2D eigenvalue weighted by Crippen LogP contribution is 2.42. The molecule has 2 atom stereocenters. The van der Waals surface area contributed by atoms with Crippen molar-refractivity contribution in [1.29, 1.82) is 0 Å². The van der Waals surface area contributed by atoms with Crippen LogP contribution in [0, 0.1) is 19.3 Å². The number of aliphatic hydroxyl groups is 1. The lowest BCUT2D eigenvalue weighted by Crippen LogP contribution is -2.61. The lowest BCUT2D eigenvalue weighted by Gasteiger charge is -2.54. The Bertz CT molecular complexity index is 521. The van der Waals surface area contributed by atoms with Gasteiger partial charge in [-0.1, -0.05) is 0 Å². The molecule has 0 bridgehead atoms. The fourth-order valence-corrected chi connectivity index (χ4v) is 4.05. The molecule has 0 amide bonds. The van der Waals surface area contributed by atoms with Crippen molar-refractivity contribution >= 4 is 5.82 Å². The molecule has 5 heteroatoms. The first kappa shape index (κ1) is 14.7. The maximum atomic E-state index is 9.98. The summed E-state index contributed by atoms with van der Waals surface area (Å²) in [4.78, 5) is 13.6. The van der Waals surface area contributed by atoms with Crippen LogP contribution in [0.25, 0.3) is 0 Å². The second-order valence-electron chi connectivity index (χ2n) is 6.72. The Morgan fingerprint density at radius 1 is 1.29 bits per heavy atom. The second-order valence-corrected chi connectivity index (χ2v) is 6.72. The molecule has 2 fully saturated rings. The maximum Gasteiger partial charge on any atom is 0.135 e. The molecule has 0 aromatic carbocycles. The number of aryl methyl sites for hydroxylation is 1. The van der Waals surface area contributed by atoms with E-state index in [1.54, 1.807) is 6.33 Å². The highest BCUT2D eigenvalue weighted by Gasteiger charge is 2.46. The minimum atomic E-state index is 0.0828. The van der Waals surface area contributed by atoms with Gasteiger partial charge in [-0.25, -0.2) is 9.97 Å². The summed E-state index contributed by atoms with van der Waals surface area (Å²) in [5.41, 5.74) is 2.31.